The van der Waals surface area contributed by atoms with Crippen LogP contribution in [0.25, 0.3) is 32.6 Å². The Hall–Kier alpha value is -2.42. The normalized spacial score (nSPS) is 11.5. The minimum absolute atomic E-state index is 0.910. The zero-order chi connectivity index (χ0) is 11.2. The fourth-order valence-corrected chi connectivity index (χ4v) is 2.32. The molecule has 1 aromatic heterocycles. The van der Waals surface area contributed by atoms with E-state index in [1.807, 2.05) is 6.07 Å². The summed E-state index contributed by atoms with van der Waals surface area (Å²) in [6.07, 6.45) is 0. The summed E-state index contributed by atoms with van der Waals surface area (Å²) in [6, 6.07) is 16.8. The third-order valence-electron chi connectivity index (χ3n) is 3.17. The molecule has 4 rings (SSSR count). The van der Waals surface area contributed by atoms with Gasteiger partial charge in [0, 0.05) is 5.39 Å². The average Bonchev–Trinajstić information content (AvgIpc) is 2.85. The summed E-state index contributed by atoms with van der Waals surface area (Å²) in [4.78, 5) is 0. The number of fused-ring (bicyclic) bond motifs is 4. The van der Waals surface area contributed by atoms with Crippen LogP contribution in [-0.2, 0) is 0 Å². The van der Waals surface area contributed by atoms with E-state index in [0.717, 1.165) is 16.4 Å². The fraction of sp³-hybridized carbons (Fsp3) is 0. The summed E-state index contributed by atoms with van der Waals surface area (Å²) in [7, 11) is 0. The van der Waals surface area contributed by atoms with Crippen LogP contribution in [0.4, 0.5) is 0 Å². The molecule has 1 N–H and O–H groups in total. The highest BCUT2D eigenvalue weighted by Gasteiger charge is 2.05. The minimum atomic E-state index is 0.910. The molecule has 0 aliphatic heterocycles. The highest BCUT2D eigenvalue weighted by Crippen LogP contribution is 2.27. The Balaban J connectivity index is 2.29. The van der Waals surface area contributed by atoms with Gasteiger partial charge in [0.2, 0.25) is 0 Å². The van der Waals surface area contributed by atoms with Crippen LogP contribution in [0.2, 0.25) is 0 Å². The summed E-state index contributed by atoms with van der Waals surface area (Å²) in [5.41, 5.74) is 1.85. The number of hydrogen-bond acceptors (Lipinski definition) is 2. The topological polar surface area (TPSA) is 41.6 Å². The van der Waals surface area contributed by atoms with Crippen LogP contribution < -0.4 is 0 Å². The molecule has 0 aliphatic rings. The summed E-state index contributed by atoms with van der Waals surface area (Å²) in [5, 5.41) is 15.8. The van der Waals surface area contributed by atoms with Crippen molar-refractivity contribution in [2.75, 3.05) is 0 Å². The van der Waals surface area contributed by atoms with Gasteiger partial charge >= 0.3 is 0 Å². The standard InChI is InChI=1S/C14H9N3/c1-2-4-10-8-12-11(7-9(10)3-1)5-6-13-14(12)16-17-15-13/h1-8H,(H,15,16,17). The van der Waals surface area contributed by atoms with Crippen molar-refractivity contribution in [3.05, 3.63) is 48.5 Å². The van der Waals surface area contributed by atoms with Gasteiger partial charge in [-0.1, -0.05) is 30.3 Å². The molecule has 0 saturated carbocycles. The van der Waals surface area contributed by atoms with Gasteiger partial charge in [0.25, 0.3) is 0 Å². The van der Waals surface area contributed by atoms with Crippen LogP contribution in [0, 0.1) is 0 Å². The van der Waals surface area contributed by atoms with Gasteiger partial charge in [-0.3, -0.25) is 0 Å². The van der Waals surface area contributed by atoms with Gasteiger partial charge in [-0.25, -0.2) is 0 Å². The lowest BCUT2D eigenvalue weighted by Gasteiger charge is -2.02. The Labute approximate surface area is 97.1 Å². The smallest absolute Gasteiger partial charge is 0.120 e. The molecule has 0 amide bonds. The quantitative estimate of drug-likeness (QED) is 0.461. The molecule has 0 radical (unpaired) electrons. The molecule has 0 fully saturated rings. The fourth-order valence-electron chi connectivity index (χ4n) is 2.32. The number of nitrogens with zero attached hydrogens (tertiary/aromatic N) is 2. The molecule has 0 unspecified atom stereocenters. The van der Waals surface area contributed by atoms with Gasteiger partial charge in [0.15, 0.2) is 0 Å². The summed E-state index contributed by atoms with van der Waals surface area (Å²) in [6.45, 7) is 0. The van der Waals surface area contributed by atoms with Crippen LogP contribution >= 0.6 is 0 Å². The Morgan fingerprint density at radius 1 is 0.765 bits per heavy atom. The van der Waals surface area contributed by atoms with Crippen molar-refractivity contribution in [3.63, 3.8) is 0 Å². The highest BCUT2D eigenvalue weighted by atomic mass is 15.3. The first-order valence-electron chi connectivity index (χ1n) is 5.54. The summed E-state index contributed by atoms with van der Waals surface area (Å²) >= 11 is 0. The molecular formula is C14H9N3. The van der Waals surface area contributed by atoms with Crippen LogP contribution in [0.3, 0.4) is 0 Å². The molecule has 0 atom stereocenters. The van der Waals surface area contributed by atoms with E-state index < -0.39 is 0 Å². The second kappa shape index (κ2) is 3.04. The van der Waals surface area contributed by atoms with Gasteiger partial charge in [-0.2, -0.15) is 15.4 Å². The van der Waals surface area contributed by atoms with Gasteiger partial charge in [0.05, 0.1) is 0 Å². The van der Waals surface area contributed by atoms with Crippen molar-refractivity contribution in [2.24, 2.45) is 0 Å². The molecule has 3 aromatic carbocycles. The largest absolute Gasteiger partial charge is 0.197 e. The maximum Gasteiger partial charge on any atom is 0.120 e. The molecule has 0 bridgehead atoms. The number of benzene rings is 3. The highest BCUT2D eigenvalue weighted by molar-refractivity contribution is 6.09. The van der Waals surface area contributed by atoms with E-state index in [9.17, 15) is 0 Å². The molecule has 4 aromatic rings. The predicted molar refractivity (Wildman–Crippen MR) is 68.9 cm³/mol. The molecule has 3 heteroatoms. The monoisotopic (exact) mass is 219 g/mol. The van der Waals surface area contributed by atoms with Crippen LogP contribution in [0.1, 0.15) is 0 Å². The third-order valence-corrected chi connectivity index (χ3v) is 3.17. The number of rotatable bonds is 0. The third kappa shape index (κ3) is 1.16. The molecule has 1 heterocycles. The zero-order valence-electron chi connectivity index (χ0n) is 9.01. The van der Waals surface area contributed by atoms with E-state index in [2.05, 4.69) is 57.9 Å². The van der Waals surface area contributed by atoms with Crippen molar-refractivity contribution in [1.29, 1.82) is 0 Å². The van der Waals surface area contributed by atoms with Gasteiger partial charge in [-0.15, -0.1) is 0 Å². The molecule has 0 spiro atoms. The van der Waals surface area contributed by atoms with Crippen molar-refractivity contribution in [1.82, 2.24) is 15.4 Å². The van der Waals surface area contributed by atoms with Gasteiger partial charge < -0.3 is 0 Å². The number of hydrogen-bond donors (Lipinski definition) is 1. The first-order chi connectivity index (χ1) is 8.42. The SMILES string of the molecule is c1ccc2cc3c(ccc4n[nH]nc43)cc2c1. The Bertz CT molecular complexity index is 846. The lowest BCUT2D eigenvalue weighted by Crippen LogP contribution is -1.78. The number of aromatic nitrogens is 3. The van der Waals surface area contributed by atoms with Crippen LogP contribution in [0.15, 0.2) is 48.5 Å². The Morgan fingerprint density at radius 2 is 1.59 bits per heavy atom. The molecule has 80 valence electrons. The van der Waals surface area contributed by atoms with Crippen molar-refractivity contribution < 1.29 is 0 Å². The second-order valence-electron chi connectivity index (χ2n) is 4.18. The van der Waals surface area contributed by atoms with Crippen molar-refractivity contribution >= 4 is 32.6 Å². The Kier molecular flexibility index (Phi) is 1.56. The predicted octanol–water partition coefficient (Wildman–Crippen LogP) is 3.26. The summed E-state index contributed by atoms with van der Waals surface area (Å²) < 4.78 is 0. The number of H-pyrrole nitrogens is 1. The molecular weight excluding hydrogens is 210 g/mol. The van der Waals surface area contributed by atoms with E-state index in [-0.39, 0.29) is 0 Å². The van der Waals surface area contributed by atoms with Crippen LogP contribution in [0.5, 0.6) is 0 Å². The Morgan fingerprint density at radius 3 is 2.47 bits per heavy atom. The van der Waals surface area contributed by atoms with E-state index in [4.69, 9.17) is 0 Å². The lowest BCUT2D eigenvalue weighted by molar-refractivity contribution is 0.960. The maximum absolute atomic E-state index is 4.22. The van der Waals surface area contributed by atoms with Gasteiger partial charge in [0.1, 0.15) is 11.0 Å². The van der Waals surface area contributed by atoms with Crippen molar-refractivity contribution in [2.45, 2.75) is 0 Å². The van der Waals surface area contributed by atoms with E-state index >= 15 is 0 Å². The van der Waals surface area contributed by atoms with E-state index in [1.165, 1.54) is 16.2 Å². The lowest BCUT2D eigenvalue weighted by atomic mass is 10.0. The first-order valence-corrected chi connectivity index (χ1v) is 5.54. The van der Waals surface area contributed by atoms with E-state index in [0.29, 0.717) is 0 Å². The second-order valence-corrected chi connectivity index (χ2v) is 4.18. The number of aromatic amines is 1. The average molecular weight is 219 g/mol. The molecule has 0 saturated heterocycles. The first kappa shape index (κ1) is 8.70. The number of nitrogens with one attached hydrogen (secondary N) is 1. The maximum atomic E-state index is 4.22. The molecule has 3 nitrogen and oxygen atoms in total. The zero-order valence-corrected chi connectivity index (χ0v) is 9.01. The molecule has 17 heavy (non-hydrogen) atoms. The molecule has 0 aliphatic carbocycles. The van der Waals surface area contributed by atoms with E-state index in [1.54, 1.807) is 0 Å². The van der Waals surface area contributed by atoms with Gasteiger partial charge in [-0.05, 0) is 34.4 Å². The van der Waals surface area contributed by atoms with Crippen LogP contribution in [-0.4, -0.2) is 15.4 Å². The summed E-state index contributed by atoms with van der Waals surface area (Å²) in [5.74, 6) is 0. The van der Waals surface area contributed by atoms with Crippen molar-refractivity contribution in [3.8, 4) is 0 Å². The minimum Gasteiger partial charge on any atom is -0.197 e.